The third-order valence-electron chi connectivity index (χ3n) is 2.20. The summed E-state index contributed by atoms with van der Waals surface area (Å²) >= 11 is 0. The summed E-state index contributed by atoms with van der Waals surface area (Å²) in [5.74, 6) is 0.660. The molecule has 0 spiro atoms. The van der Waals surface area contributed by atoms with Crippen molar-refractivity contribution in [2.75, 3.05) is 13.2 Å². The van der Waals surface area contributed by atoms with Gasteiger partial charge in [0, 0.05) is 0 Å². The minimum absolute atomic E-state index is 0.160. The first kappa shape index (κ1) is 13.5. The first-order chi connectivity index (χ1) is 7.94. The summed E-state index contributed by atoms with van der Waals surface area (Å²) in [6, 6.07) is 7.67. The van der Waals surface area contributed by atoms with Gasteiger partial charge in [-0.15, -0.1) is 0 Å². The van der Waals surface area contributed by atoms with E-state index in [9.17, 15) is 0 Å². The van der Waals surface area contributed by atoms with Crippen molar-refractivity contribution in [3.63, 3.8) is 0 Å². The second kappa shape index (κ2) is 5.70. The fourth-order valence-corrected chi connectivity index (χ4v) is 1.42. The van der Waals surface area contributed by atoms with Crippen LogP contribution in [0.1, 0.15) is 31.9 Å². The first-order valence-corrected chi connectivity index (χ1v) is 5.70. The quantitative estimate of drug-likeness (QED) is 0.750. The van der Waals surface area contributed by atoms with Gasteiger partial charge in [-0.3, -0.25) is 0 Å². The molecule has 0 amide bonds. The molecule has 0 radical (unpaired) electrons. The van der Waals surface area contributed by atoms with Gasteiger partial charge in [0.25, 0.3) is 0 Å². The zero-order valence-corrected chi connectivity index (χ0v) is 10.9. The van der Waals surface area contributed by atoms with E-state index in [0.717, 1.165) is 5.56 Å². The summed E-state index contributed by atoms with van der Waals surface area (Å²) < 4.78 is 11.2. The van der Waals surface area contributed by atoms with Crippen molar-refractivity contribution in [2.45, 2.75) is 33.3 Å². The van der Waals surface area contributed by atoms with Gasteiger partial charge in [-0.05, 0) is 39.3 Å². The van der Waals surface area contributed by atoms with Crippen LogP contribution in [0.5, 0.6) is 5.75 Å². The number of nitrogens with zero attached hydrogens (tertiary/aromatic N) is 1. The maximum atomic E-state index is 8.97. The average molecular weight is 233 g/mol. The van der Waals surface area contributed by atoms with Gasteiger partial charge in [0.2, 0.25) is 0 Å². The van der Waals surface area contributed by atoms with Gasteiger partial charge in [-0.2, -0.15) is 5.26 Å². The highest BCUT2D eigenvalue weighted by molar-refractivity contribution is 5.47. The average Bonchev–Trinajstić information content (AvgIpc) is 2.24. The lowest BCUT2D eigenvalue weighted by molar-refractivity contribution is -0.0163. The van der Waals surface area contributed by atoms with Crippen LogP contribution in [-0.4, -0.2) is 18.8 Å². The zero-order valence-electron chi connectivity index (χ0n) is 10.9. The number of nitriles is 1. The Bertz CT molecular complexity index is 413. The maximum Gasteiger partial charge on any atom is 0.140 e. The molecule has 0 unspecified atom stereocenters. The van der Waals surface area contributed by atoms with Gasteiger partial charge >= 0.3 is 0 Å². The molecule has 3 heteroatoms. The molecular formula is C14H19NO2. The minimum Gasteiger partial charge on any atom is -0.490 e. The Morgan fingerprint density at radius 3 is 2.53 bits per heavy atom. The van der Waals surface area contributed by atoms with Crippen LogP contribution >= 0.6 is 0 Å². The standard InChI is InChI=1S/C14H19NO2/c1-11-6-5-7-12(10-15)13(11)16-8-9-17-14(2,3)4/h5-7H,8-9H2,1-4H3. The Balaban J connectivity index is 2.55. The molecule has 0 saturated carbocycles. The Morgan fingerprint density at radius 2 is 1.94 bits per heavy atom. The van der Waals surface area contributed by atoms with Gasteiger partial charge in [0.1, 0.15) is 18.4 Å². The van der Waals surface area contributed by atoms with Crippen molar-refractivity contribution in [3.05, 3.63) is 29.3 Å². The van der Waals surface area contributed by atoms with Crippen molar-refractivity contribution >= 4 is 0 Å². The van der Waals surface area contributed by atoms with E-state index in [1.54, 1.807) is 6.07 Å². The lowest BCUT2D eigenvalue weighted by atomic mass is 10.1. The van der Waals surface area contributed by atoms with Gasteiger partial charge < -0.3 is 9.47 Å². The fourth-order valence-electron chi connectivity index (χ4n) is 1.42. The summed E-state index contributed by atoms with van der Waals surface area (Å²) in [5.41, 5.74) is 1.38. The van der Waals surface area contributed by atoms with Crippen molar-refractivity contribution in [2.24, 2.45) is 0 Å². The highest BCUT2D eigenvalue weighted by atomic mass is 16.5. The monoisotopic (exact) mass is 233 g/mol. The lowest BCUT2D eigenvalue weighted by Gasteiger charge is -2.20. The van der Waals surface area contributed by atoms with Crippen LogP contribution in [0.25, 0.3) is 0 Å². The Kier molecular flexibility index (Phi) is 4.53. The normalized spacial score (nSPS) is 11.0. The molecule has 0 saturated heterocycles. The largest absolute Gasteiger partial charge is 0.490 e. The van der Waals surface area contributed by atoms with Crippen molar-refractivity contribution in [1.82, 2.24) is 0 Å². The summed E-state index contributed by atoms with van der Waals surface area (Å²) in [6.45, 7) is 8.91. The number of hydrogen-bond donors (Lipinski definition) is 0. The van der Waals surface area contributed by atoms with Crippen LogP contribution in [0.3, 0.4) is 0 Å². The van der Waals surface area contributed by atoms with E-state index < -0.39 is 0 Å². The highest BCUT2D eigenvalue weighted by Gasteiger charge is 2.10. The van der Waals surface area contributed by atoms with Crippen molar-refractivity contribution in [3.8, 4) is 11.8 Å². The Labute approximate surface area is 103 Å². The first-order valence-electron chi connectivity index (χ1n) is 5.70. The molecule has 1 aromatic rings. The molecule has 0 aliphatic rings. The van der Waals surface area contributed by atoms with E-state index in [-0.39, 0.29) is 5.60 Å². The third kappa shape index (κ3) is 4.46. The number of rotatable bonds is 4. The van der Waals surface area contributed by atoms with Crippen LogP contribution in [0.15, 0.2) is 18.2 Å². The van der Waals surface area contributed by atoms with Gasteiger partial charge in [-0.25, -0.2) is 0 Å². The second-order valence-electron chi connectivity index (χ2n) is 4.87. The predicted molar refractivity (Wildman–Crippen MR) is 67.1 cm³/mol. The number of ether oxygens (including phenoxy) is 2. The zero-order chi connectivity index (χ0) is 12.9. The van der Waals surface area contributed by atoms with E-state index in [2.05, 4.69) is 6.07 Å². The molecule has 0 aliphatic heterocycles. The third-order valence-corrected chi connectivity index (χ3v) is 2.20. The maximum absolute atomic E-state index is 8.97. The van der Waals surface area contributed by atoms with E-state index in [0.29, 0.717) is 24.5 Å². The minimum atomic E-state index is -0.160. The molecule has 0 bridgehead atoms. The van der Waals surface area contributed by atoms with E-state index in [1.165, 1.54) is 0 Å². The van der Waals surface area contributed by atoms with Crippen LogP contribution in [0.4, 0.5) is 0 Å². The molecule has 0 atom stereocenters. The Morgan fingerprint density at radius 1 is 1.24 bits per heavy atom. The number of benzene rings is 1. The predicted octanol–water partition coefficient (Wildman–Crippen LogP) is 3.06. The smallest absolute Gasteiger partial charge is 0.140 e. The molecule has 0 aromatic heterocycles. The van der Waals surface area contributed by atoms with Crippen molar-refractivity contribution < 1.29 is 9.47 Å². The topological polar surface area (TPSA) is 42.2 Å². The molecule has 1 aromatic carbocycles. The molecule has 1 rings (SSSR count). The second-order valence-corrected chi connectivity index (χ2v) is 4.87. The van der Waals surface area contributed by atoms with Crippen LogP contribution < -0.4 is 4.74 Å². The van der Waals surface area contributed by atoms with E-state index in [4.69, 9.17) is 14.7 Å². The SMILES string of the molecule is Cc1cccc(C#N)c1OCCOC(C)(C)C. The molecule has 0 fully saturated rings. The molecular weight excluding hydrogens is 214 g/mol. The molecule has 0 heterocycles. The number of para-hydroxylation sites is 1. The molecule has 3 nitrogen and oxygen atoms in total. The van der Waals surface area contributed by atoms with E-state index in [1.807, 2.05) is 39.8 Å². The van der Waals surface area contributed by atoms with Gasteiger partial charge in [-0.1, -0.05) is 12.1 Å². The number of aryl methyl sites for hydroxylation is 1. The Hall–Kier alpha value is -1.53. The fraction of sp³-hybridized carbons (Fsp3) is 0.500. The molecule has 17 heavy (non-hydrogen) atoms. The number of hydrogen-bond acceptors (Lipinski definition) is 3. The molecule has 0 aliphatic carbocycles. The van der Waals surface area contributed by atoms with Crippen molar-refractivity contribution in [1.29, 1.82) is 5.26 Å². The lowest BCUT2D eigenvalue weighted by Crippen LogP contribution is -2.22. The summed E-state index contributed by atoms with van der Waals surface area (Å²) in [6.07, 6.45) is 0. The molecule has 0 N–H and O–H groups in total. The van der Waals surface area contributed by atoms with Crippen LogP contribution in [-0.2, 0) is 4.74 Å². The van der Waals surface area contributed by atoms with Gasteiger partial charge in [0.15, 0.2) is 0 Å². The van der Waals surface area contributed by atoms with E-state index >= 15 is 0 Å². The molecule has 92 valence electrons. The van der Waals surface area contributed by atoms with Crippen LogP contribution in [0.2, 0.25) is 0 Å². The summed E-state index contributed by atoms with van der Waals surface area (Å²) in [5, 5.41) is 8.97. The van der Waals surface area contributed by atoms with Gasteiger partial charge in [0.05, 0.1) is 17.8 Å². The van der Waals surface area contributed by atoms with Crippen LogP contribution in [0, 0.1) is 18.3 Å². The summed E-state index contributed by atoms with van der Waals surface area (Å²) in [4.78, 5) is 0. The highest BCUT2D eigenvalue weighted by Crippen LogP contribution is 2.22. The summed E-state index contributed by atoms with van der Waals surface area (Å²) in [7, 11) is 0.